The number of epoxide rings is 1. The number of nitrogens with one attached hydrogen (secondary N) is 2. The zero-order valence-corrected chi connectivity index (χ0v) is 74.5. The molecule has 0 bridgehead atoms. The van der Waals surface area contributed by atoms with Gasteiger partial charge < -0.3 is 33.0 Å². The average molecular weight is 1800 g/mol. The molecule has 1 atom stereocenters. The van der Waals surface area contributed by atoms with E-state index < -0.39 is 108 Å². The number of ether oxygens (including phenoxy) is 1. The van der Waals surface area contributed by atoms with Crippen molar-refractivity contribution in [3.63, 3.8) is 0 Å². The minimum atomic E-state index is -3.67. The number of hydrogen-bond donors (Lipinski definition) is 4. The fraction of sp³-hybridized carbons (Fsp3) is 0.175. The Bertz CT molecular complexity index is 4300. The number of halogens is 16. The summed E-state index contributed by atoms with van der Waals surface area (Å²) in [7, 11) is 11.2. The minimum Gasteiger partial charge on any atom is -1.00 e. The van der Waals surface area contributed by atoms with Crippen LogP contribution in [0, 0.1) is 58.2 Å². The number of aliphatic hydroxyl groups is 1. The van der Waals surface area contributed by atoms with Crippen molar-refractivity contribution in [1.29, 1.82) is 0 Å². The molecule has 0 spiro atoms. The SMILES string of the molecule is CS(=O)(=O)O.Fc1ccc(C2(Cn3cncn3)CO2)c(F)c1.Fc1cccc(F)c1.O=C(CCl)c1ccc(F)cc1F.O=C(Cl)CCl.O=C(Cn1cncn1)c1ccc(F)cc1F.O=CO[O-].O=CO[O-].OC(Cn1cncn1)(Cn1cncn1)c1ccc(F)cc1F.[Cl][Al]([Cl])[Cl].[H-].[H-].[K+].[K+].[Na+].[Na+].c1nc[nH]n1.c1nc[nH]n1. The van der Waals surface area contributed by atoms with Crippen LogP contribution in [-0.4, -0.2) is 173 Å². The van der Waals surface area contributed by atoms with Crippen LogP contribution < -0.4 is 172 Å². The normalized spacial score (nSPS) is 11.3. The van der Waals surface area contributed by atoms with Crippen LogP contribution in [-0.2, 0) is 76.4 Å². The Hall–Kier alpha value is -4.51. The number of alkyl halides is 2. The summed E-state index contributed by atoms with van der Waals surface area (Å²) < 4.78 is 165. The van der Waals surface area contributed by atoms with E-state index in [-0.39, 0.29) is 226 Å². The fourth-order valence-corrected chi connectivity index (χ4v) is 7.09. The molecule has 1 saturated heterocycles. The number of aromatic nitrogens is 18. The Labute approximate surface area is 786 Å². The fourth-order valence-electron chi connectivity index (χ4n) is 6.95. The summed E-state index contributed by atoms with van der Waals surface area (Å²) in [4.78, 5) is 76.5. The van der Waals surface area contributed by atoms with Crippen molar-refractivity contribution in [1.82, 2.24) is 89.4 Å². The molecule has 1 aliphatic heterocycles. The first-order chi connectivity index (χ1) is 50.7. The third kappa shape index (κ3) is 53.4. The van der Waals surface area contributed by atoms with Crippen LogP contribution >= 0.6 is 65.0 Å². The Kier molecular flexibility index (Phi) is 65.7. The van der Waals surface area contributed by atoms with Gasteiger partial charge in [0.05, 0.1) is 55.4 Å². The van der Waals surface area contributed by atoms with Crippen LogP contribution in [0.25, 0.3) is 0 Å². The Morgan fingerprint density at radius 2 is 0.928 bits per heavy atom. The van der Waals surface area contributed by atoms with E-state index in [1.165, 1.54) is 126 Å². The molecule has 4 N–H and O–H groups in total. The van der Waals surface area contributed by atoms with Crippen LogP contribution in [0.2, 0.25) is 0 Å². The average Bonchev–Trinajstić information content (AvgIpc) is 1.62. The van der Waals surface area contributed by atoms with Gasteiger partial charge in [-0.1, -0.05) is 18.2 Å². The number of aromatic amines is 2. The zero-order chi connectivity index (χ0) is 80.4. The molecule has 5 aromatic carbocycles. The molecule has 11 aromatic rings. The first-order valence-corrected chi connectivity index (χ1v) is 36.3. The van der Waals surface area contributed by atoms with Gasteiger partial charge in [-0.15, -0.1) is 23.2 Å². The van der Waals surface area contributed by atoms with Crippen LogP contribution in [0.1, 0.15) is 34.7 Å². The molecule has 0 radical (unpaired) electrons. The van der Waals surface area contributed by atoms with Crippen LogP contribution in [0.15, 0.2) is 173 Å². The van der Waals surface area contributed by atoms with Crippen molar-refractivity contribution >= 4 is 116 Å². The number of carbonyl (C=O) groups excluding carboxylic acids is 5. The number of rotatable bonds is 16. The van der Waals surface area contributed by atoms with Gasteiger partial charge in [-0.25, -0.2) is 123 Å². The van der Waals surface area contributed by atoms with Gasteiger partial charge in [0.15, 0.2) is 11.6 Å². The van der Waals surface area contributed by atoms with E-state index in [0.717, 1.165) is 48.5 Å². The summed E-state index contributed by atoms with van der Waals surface area (Å²) in [5.41, 5.74) is -2.46. The van der Waals surface area contributed by atoms with Gasteiger partial charge in [0.25, 0.3) is 23.1 Å². The smallest absolute Gasteiger partial charge is 1.00 e. The summed E-state index contributed by atoms with van der Waals surface area (Å²) in [6.07, 6.45) is 17.6. The molecule has 1 unspecified atom stereocenters. The van der Waals surface area contributed by atoms with Crippen molar-refractivity contribution in [3.8, 4) is 0 Å². The topological polar surface area (TPSA) is 443 Å². The van der Waals surface area contributed by atoms with Crippen molar-refractivity contribution in [2.45, 2.75) is 37.4 Å². The summed E-state index contributed by atoms with van der Waals surface area (Å²) in [5, 5.41) is 54.8. The Morgan fingerprint density at radius 3 is 1.21 bits per heavy atom. The molecule has 1 fully saturated rings. The molecular formula is C57H53AlCl6F10K2N18Na2O14S. The number of ketones is 2. The van der Waals surface area contributed by atoms with Gasteiger partial charge in [0, 0.05) is 41.5 Å². The van der Waals surface area contributed by atoms with E-state index in [4.69, 9.17) is 94.3 Å². The molecule has 54 heteroatoms. The monoisotopic (exact) mass is 1800 g/mol. The molecule has 32 nitrogen and oxygen atoms in total. The number of nitrogens with zero attached hydrogens (tertiary/aromatic N) is 16. The van der Waals surface area contributed by atoms with Gasteiger partial charge in [-0.3, -0.25) is 38.7 Å². The number of benzene rings is 5. The van der Waals surface area contributed by atoms with E-state index in [2.05, 4.69) is 80.5 Å². The molecule has 7 heterocycles. The van der Waals surface area contributed by atoms with Crippen molar-refractivity contribution in [2.24, 2.45) is 0 Å². The molecule has 0 saturated carbocycles. The predicted octanol–water partition coefficient (Wildman–Crippen LogP) is -5.09. The molecule has 6 aromatic heterocycles. The van der Waals surface area contributed by atoms with Crippen molar-refractivity contribution < 1.29 is 276 Å². The maximum atomic E-state index is 14.1. The number of Topliss-reactive ketones (excluding diaryl/α,β-unsaturated/α-hetero) is 2. The molecule has 580 valence electrons. The number of carbonyl (C=O) groups is 5. The van der Waals surface area contributed by atoms with Crippen molar-refractivity contribution in [2.75, 3.05) is 24.6 Å². The second-order valence-corrected chi connectivity index (χ2v) is 27.6. The quantitative estimate of drug-likeness (QED) is 0.00672. The number of hydrogen-bond acceptors (Lipinski definition) is 25. The van der Waals surface area contributed by atoms with Crippen LogP contribution in [0.4, 0.5) is 43.9 Å². The van der Waals surface area contributed by atoms with Gasteiger partial charge in [0.1, 0.15) is 152 Å². The largest absolute Gasteiger partial charge is 1.00 e. The third-order valence-corrected chi connectivity index (χ3v) is 11.8. The van der Waals surface area contributed by atoms with E-state index in [9.17, 15) is 71.8 Å². The summed E-state index contributed by atoms with van der Waals surface area (Å²) >= 11 is 13.0. The number of H-pyrrole nitrogens is 2. The predicted molar refractivity (Wildman–Crippen MR) is 354 cm³/mol. The summed E-state index contributed by atoms with van der Waals surface area (Å²) in [6.45, 7) is 0.137. The Morgan fingerprint density at radius 1 is 0.586 bits per heavy atom. The summed E-state index contributed by atoms with van der Waals surface area (Å²) in [6, 6.07) is 16.6. The van der Waals surface area contributed by atoms with Crippen molar-refractivity contribution in [3.05, 3.63) is 253 Å². The third-order valence-electron chi connectivity index (χ3n) is 11.0. The standard InChI is InChI=1S/C13H12F2N6O.C11H9F2N3O.C10H7F2N3O.C8H5ClF2O.C6H4F2.C2H2Cl2O.2C2H3N3.CH4O3S.2CH2O3.Al.3ClH.2K.2Na.2H/c14-10-1-2-11(12(15)3-10)13(22,4-20-8-16-6-18-20)5-21-9-17-7-19-21;12-8-1-2-9(10(13)3-8)11(5-17-11)4-16-7-14-6-15-16;11-7-1-2-8(9(12)3-7)10(16)4-15-6-13-5-14-15;9-4-8(12)6-2-1-5(10)3-7(6)11;7-5-2-1-3-6(8)4-5;3-1-2(4)5;2*1-3-2-5-4-1;1-5(2,3)4;2*2-1-4-3;;;;;;;;;;/h1-3,6-9,22H,4-5H2;1-3,6-7H,4-5H2;1-3,5-6H,4H2;1-3H,4H2;1-4H;1H2;2*1-2H,(H,3,4,5);1H3,(H,2,3,4);2*1,3H;;3*1H;;;;;;/q;;;;;;;;;;;+3;;;;4*+1;2*-1/p-5. The van der Waals surface area contributed by atoms with Crippen LogP contribution in [0.5, 0.6) is 0 Å². The van der Waals surface area contributed by atoms with E-state index in [0.29, 0.717) is 37.1 Å². The second-order valence-electron chi connectivity index (χ2n) is 18.8. The molecule has 0 aliphatic carbocycles. The second kappa shape index (κ2) is 64.6. The molecule has 12 rings (SSSR count). The van der Waals surface area contributed by atoms with E-state index >= 15 is 0 Å². The summed E-state index contributed by atoms with van der Waals surface area (Å²) in [5.74, 6) is -8.42. The first kappa shape index (κ1) is 113. The molecular weight excluding hydrogens is 1750 g/mol. The molecule has 1 aliphatic rings. The van der Waals surface area contributed by atoms with E-state index in [1.54, 1.807) is 4.68 Å². The van der Waals surface area contributed by atoms with E-state index in [1.807, 2.05) is 0 Å². The molecule has 111 heavy (non-hydrogen) atoms. The maximum Gasteiger partial charge on any atom is 1.00 e. The maximum absolute atomic E-state index is 14.1. The van der Waals surface area contributed by atoms with Crippen LogP contribution in [0.3, 0.4) is 0 Å². The zero-order valence-electron chi connectivity index (χ0n) is 59.8. The van der Waals surface area contributed by atoms with Gasteiger partial charge in [-0.2, -0.15) is 39.0 Å². The van der Waals surface area contributed by atoms with Gasteiger partial charge in [0.2, 0.25) is 5.24 Å². The Balaban J connectivity index is -0.000000289. The van der Waals surface area contributed by atoms with Gasteiger partial charge in [-0.05, 0) is 60.1 Å². The van der Waals surface area contributed by atoms with Gasteiger partial charge >= 0.3 is 173 Å². The molecule has 0 amide bonds. The first-order valence-electron chi connectivity index (χ1n) is 27.8. The minimum absolute atomic E-state index is 0.